The van der Waals surface area contributed by atoms with Gasteiger partial charge in [0.1, 0.15) is 13.1 Å². The lowest BCUT2D eigenvalue weighted by molar-refractivity contribution is -0.142. The van der Waals surface area contributed by atoms with Crippen molar-refractivity contribution in [3.05, 3.63) is 29.8 Å². The smallest absolute Gasteiger partial charge is 0.338 e. The Labute approximate surface area is 141 Å². The molecule has 0 heterocycles. The van der Waals surface area contributed by atoms with E-state index in [9.17, 15) is 14.4 Å². The molecule has 132 valence electrons. The number of hydrogen-bond donors (Lipinski definition) is 0. The van der Waals surface area contributed by atoms with Gasteiger partial charge in [-0.2, -0.15) is 0 Å². The van der Waals surface area contributed by atoms with Crippen molar-refractivity contribution in [3.8, 4) is 0 Å². The number of benzene rings is 1. The quantitative estimate of drug-likeness (QED) is 0.502. The van der Waals surface area contributed by atoms with Crippen LogP contribution in [-0.4, -0.2) is 50.8 Å². The van der Waals surface area contributed by atoms with Gasteiger partial charge < -0.3 is 19.1 Å². The second-order valence-electron chi connectivity index (χ2n) is 4.73. The largest absolute Gasteiger partial charge is 0.465 e. The van der Waals surface area contributed by atoms with Crippen molar-refractivity contribution in [3.63, 3.8) is 0 Å². The van der Waals surface area contributed by atoms with Gasteiger partial charge in [0.15, 0.2) is 0 Å². The number of carbonyl (C=O) groups is 3. The average Bonchev–Trinajstić information content (AvgIpc) is 2.55. The molecule has 0 N–H and O–H groups in total. The van der Waals surface area contributed by atoms with E-state index in [-0.39, 0.29) is 26.3 Å². The predicted molar refractivity (Wildman–Crippen MR) is 87.9 cm³/mol. The molecule has 1 aromatic carbocycles. The van der Waals surface area contributed by atoms with Gasteiger partial charge in [0, 0.05) is 5.69 Å². The first-order chi connectivity index (χ1) is 11.5. The summed E-state index contributed by atoms with van der Waals surface area (Å²) in [5, 5.41) is 0. The lowest BCUT2D eigenvalue weighted by atomic mass is 10.2. The molecule has 0 aliphatic rings. The third kappa shape index (κ3) is 6.28. The zero-order chi connectivity index (χ0) is 17.9. The van der Waals surface area contributed by atoms with E-state index >= 15 is 0 Å². The number of esters is 3. The van der Waals surface area contributed by atoms with E-state index in [2.05, 4.69) is 0 Å². The van der Waals surface area contributed by atoms with Crippen LogP contribution in [0.3, 0.4) is 0 Å². The van der Waals surface area contributed by atoms with Gasteiger partial charge in [0.05, 0.1) is 25.4 Å². The molecular weight excluding hydrogens is 314 g/mol. The minimum atomic E-state index is -0.448. The van der Waals surface area contributed by atoms with Crippen molar-refractivity contribution in [2.75, 3.05) is 37.8 Å². The van der Waals surface area contributed by atoms with E-state index in [4.69, 9.17) is 14.2 Å². The van der Waals surface area contributed by atoms with E-state index in [0.717, 1.165) is 0 Å². The first-order valence-corrected chi connectivity index (χ1v) is 7.85. The maximum absolute atomic E-state index is 11.7. The van der Waals surface area contributed by atoms with Gasteiger partial charge in [-0.05, 0) is 45.0 Å². The molecule has 0 fully saturated rings. The molecule has 0 bridgehead atoms. The summed E-state index contributed by atoms with van der Waals surface area (Å²) >= 11 is 0. The van der Waals surface area contributed by atoms with Gasteiger partial charge in [-0.15, -0.1) is 0 Å². The van der Waals surface area contributed by atoms with Crippen LogP contribution in [-0.2, 0) is 23.8 Å². The second kappa shape index (κ2) is 10.3. The SMILES string of the molecule is CCOC(=O)CN(CC(=O)OCC)c1ccc(C(=O)OCC)cc1. The summed E-state index contributed by atoms with van der Waals surface area (Å²) in [7, 11) is 0. The van der Waals surface area contributed by atoms with Crippen LogP contribution in [0.15, 0.2) is 24.3 Å². The molecule has 1 rings (SSSR count). The maximum atomic E-state index is 11.7. The van der Waals surface area contributed by atoms with E-state index in [0.29, 0.717) is 17.9 Å². The zero-order valence-corrected chi connectivity index (χ0v) is 14.2. The molecule has 0 unspecified atom stereocenters. The highest BCUT2D eigenvalue weighted by atomic mass is 16.5. The molecule has 0 aliphatic heterocycles. The molecule has 0 aromatic heterocycles. The molecule has 0 radical (unpaired) electrons. The summed E-state index contributed by atoms with van der Waals surface area (Å²) in [6, 6.07) is 6.45. The highest BCUT2D eigenvalue weighted by Crippen LogP contribution is 2.16. The van der Waals surface area contributed by atoms with Crippen molar-refractivity contribution < 1.29 is 28.6 Å². The van der Waals surface area contributed by atoms with E-state index in [1.165, 1.54) is 4.90 Å². The zero-order valence-electron chi connectivity index (χ0n) is 14.2. The summed E-state index contributed by atoms with van der Waals surface area (Å²) in [5.41, 5.74) is 0.997. The monoisotopic (exact) mass is 337 g/mol. The van der Waals surface area contributed by atoms with Crippen molar-refractivity contribution in [2.24, 2.45) is 0 Å². The Morgan fingerprint density at radius 1 is 0.792 bits per heavy atom. The molecule has 0 saturated heterocycles. The standard InChI is InChI=1S/C17H23NO6/c1-4-22-15(19)11-18(12-16(20)23-5-2)14-9-7-13(8-10-14)17(21)24-6-3/h7-10H,4-6,11-12H2,1-3H3. The first kappa shape index (κ1) is 19.5. The van der Waals surface area contributed by atoms with Crippen LogP contribution in [0.5, 0.6) is 0 Å². The summed E-state index contributed by atoms with van der Waals surface area (Å²) in [6.07, 6.45) is 0. The van der Waals surface area contributed by atoms with Gasteiger partial charge in [-0.25, -0.2) is 4.79 Å². The van der Waals surface area contributed by atoms with E-state index in [1.807, 2.05) is 0 Å². The molecule has 0 amide bonds. The van der Waals surface area contributed by atoms with Crippen LogP contribution in [0.4, 0.5) is 5.69 Å². The molecule has 0 saturated carbocycles. The van der Waals surface area contributed by atoms with Gasteiger partial charge >= 0.3 is 17.9 Å². The Bertz CT molecular complexity index is 535. The van der Waals surface area contributed by atoms with Gasteiger partial charge in [-0.3, -0.25) is 9.59 Å². The Kier molecular flexibility index (Phi) is 8.32. The van der Waals surface area contributed by atoms with Crippen LogP contribution < -0.4 is 4.90 Å². The molecule has 1 aromatic rings. The fourth-order valence-electron chi connectivity index (χ4n) is 1.99. The third-order valence-electron chi connectivity index (χ3n) is 2.99. The lowest BCUT2D eigenvalue weighted by Gasteiger charge is -2.22. The highest BCUT2D eigenvalue weighted by Gasteiger charge is 2.17. The number of hydrogen-bond acceptors (Lipinski definition) is 7. The number of anilines is 1. The molecule has 0 spiro atoms. The number of ether oxygens (including phenoxy) is 3. The fraction of sp³-hybridized carbons (Fsp3) is 0.471. The Morgan fingerprint density at radius 3 is 1.67 bits per heavy atom. The van der Waals surface area contributed by atoms with Crippen LogP contribution in [0.25, 0.3) is 0 Å². The van der Waals surface area contributed by atoms with Crippen LogP contribution in [0.1, 0.15) is 31.1 Å². The van der Waals surface area contributed by atoms with E-state index < -0.39 is 17.9 Å². The Morgan fingerprint density at radius 2 is 1.25 bits per heavy atom. The third-order valence-corrected chi connectivity index (χ3v) is 2.99. The Hall–Kier alpha value is -2.57. The van der Waals surface area contributed by atoms with Gasteiger partial charge in [0.25, 0.3) is 0 Å². The lowest BCUT2D eigenvalue weighted by Crippen LogP contribution is -2.36. The minimum Gasteiger partial charge on any atom is -0.465 e. The predicted octanol–water partition coefficient (Wildman–Crippen LogP) is 1.80. The van der Waals surface area contributed by atoms with Crippen molar-refractivity contribution in [2.45, 2.75) is 20.8 Å². The van der Waals surface area contributed by atoms with Gasteiger partial charge in [0.2, 0.25) is 0 Å². The number of nitrogens with zero attached hydrogens (tertiary/aromatic N) is 1. The second-order valence-corrected chi connectivity index (χ2v) is 4.73. The van der Waals surface area contributed by atoms with Gasteiger partial charge in [-0.1, -0.05) is 0 Å². The maximum Gasteiger partial charge on any atom is 0.338 e. The van der Waals surface area contributed by atoms with Crippen LogP contribution in [0.2, 0.25) is 0 Å². The normalized spacial score (nSPS) is 9.96. The molecular formula is C17H23NO6. The van der Waals surface area contributed by atoms with Crippen molar-refractivity contribution in [1.29, 1.82) is 0 Å². The summed E-state index contributed by atoms with van der Waals surface area (Å²) in [5.74, 6) is -1.32. The Balaban J connectivity index is 2.89. The highest BCUT2D eigenvalue weighted by molar-refractivity contribution is 5.90. The molecule has 7 nitrogen and oxygen atoms in total. The average molecular weight is 337 g/mol. The van der Waals surface area contributed by atoms with E-state index in [1.54, 1.807) is 45.0 Å². The molecule has 7 heteroatoms. The summed E-state index contributed by atoms with van der Waals surface area (Å²) < 4.78 is 14.8. The minimum absolute atomic E-state index is 0.0919. The first-order valence-electron chi connectivity index (χ1n) is 7.85. The number of carbonyl (C=O) groups excluding carboxylic acids is 3. The van der Waals surface area contributed by atoms with Crippen molar-refractivity contribution in [1.82, 2.24) is 0 Å². The molecule has 0 aliphatic carbocycles. The van der Waals surface area contributed by atoms with Crippen LogP contribution in [0, 0.1) is 0 Å². The van der Waals surface area contributed by atoms with Crippen molar-refractivity contribution >= 4 is 23.6 Å². The van der Waals surface area contributed by atoms with Crippen LogP contribution >= 0.6 is 0 Å². The fourth-order valence-corrected chi connectivity index (χ4v) is 1.99. The number of rotatable bonds is 9. The molecule has 24 heavy (non-hydrogen) atoms. The summed E-state index contributed by atoms with van der Waals surface area (Å²) in [6.45, 7) is 5.77. The summed E-state index contributed by atoms with van der Waals surface area (Å²) in [4.78, 5) is 36.7. The molecule has 0 atom stereocenters. The topological polar surface area (TPSA) is 82.1 Å².